The molecule has 0 bridgehead atoms. The fraction of sp³-hybridized carbons (Fsp3) is 0.188. The van der Waals surface area contributed by atoms with Gasteiger partial charge in [0.25, 0.3) is 11.5 Å². The number of carbonyl (C=O) groups is 2. The first kappa shape index (κ1) is 18.7. The second kappa shape index (κ2) is 7.27. The number of nitrogens with zero attached hydrogens (tertiary/aromatic N) is 4. The summed E-state index contributed by atoms with van der Waals surface area (Å²) in [6.07, 6.45) is 1.25. The molecular formula is C16H14BrFN6O3. The number of rotatable bonds is 4. The van der Waals surface area contributed by atoms with Crippen LogP contribution in [-0.2, 0) is 18.4 Å². The minimum Gasteiger partial charge on any atom is -0.355 e. The zero-order valence-corrected chi connectivity index (χ0v) is 15.9. The van der Waals surface area contributed by atoms with Crippen LogP contribution in [0.3, 0.4) is 0 Å². The second-order valence-corrected chi connectivity index (χ2v) is 6.36. The van der Waals surface area contributed by atoms with Crippen LogP contribution in [0.15, 0.2) is 33.9 Å². The SMILES string of the molecule is CNC(=O)c1cc(NC(=O)Cn2cnc3c(c(Br)nn3C)c2=O)ccc1F. The topological polar surface area (TPSA) is 111 Å². The van der Waals surface area contributed by atoms with E-state index in [-0.39, 0.29) is 23.2 Å². The molecule has 0 radical (unpaired) electrons. The smallest absolute Gasteiger partial charge is 0.266 e. The van der Waals surface area contributed by atoms with Gasteiger partial charge in [0.15, 0.2) is 5.65 Å². The van der Waals surface area contributed by atoms with Crippen molar-refractivity contribution in [1.29, 1.82) is 0 Å². The number of nitrogens with one attached hydrogen (secondary N) is 2. The molecule has 0 spiro atoms. The summed E-state index contributed by atoms with van der Waals surface area (Å²) < 4.78 is 16.6. The number of hydrogen-bond acceptors (Lipinski definition) is 5. The molecule has 0 saturated carbocycles. The minimum atomic E-state index is -0.709. The van der Waals surface area contributed by atoms with E-state index >= 15 is 0 Å². The third-order valence-corrected chi connectivity index (χ3v) is 4.36. The number of aromatic nitrogens is 4. The lowest BCUT2D eigenvalue weighted by Crippen LogP contribution is -2.28. The van der Waals surface area contributed by atoms with Gasteiger partial charge in [-0.05, 0) is 34.1 Å². The van der Waals surface area contributed by atoms with Gasteiger partial charge in [-0.25, -0.2) is 14.1 Å². The molecule has 2 N–H and O–H groups in total. The first-order valence-electron chi connectivity index (χ1n) is 7.71. The predicted molar refractivity (Wildman–Crippen MR) is 98.9 cm³/mol. The van der Waals surface area contributed by atoms with Gasteiger partial charge in [-0.1, -0.05) is 0 Å². The predicted octanol–water partition coefficient (Wildman–Crippen LogP) is 1.03. The standard InChI is InChI=1S/C16H14BrFN6O3/c1-19-15(26)9-5-8(3-4-10(9)18)21-11(25)6-24-7-20-14-12(16(24)27)13(17)22-23(14)2/h3-5,7H,6H2,1-2H3,(H,19,26)(H,21,25). The zero-order chi connectivity index (χ0) is 19.7. The van der Waals surface area contributed by atoms with E-state index < -0.39 is 23.2 Å². The Bertz CT molecular complexity index is 1120. The van der Waals surface area contributed by atoms with Crippen LogP contribution in [0.5, 0.6) is 0 Å². The van der Waals surface area contributed by atoms with Crippen molar-refractivity contribution in [1.82, 2.24) is 24.6 Å². The molecular weight excluding hydrogens is 423 g/mol. The Morgan fingerprint density at radius 2 is 2.07 bits per heavy atom. The van der Waals surface area contributed by atoms with Crippen molar-refractivity contribution in [2.24, 2.45) is 7.05 Å². The number of anilines is 1. The van der Waals surface area contributed by atoms with Crippen LogP contribution in [0.25, 0.3) is 11.0 Å². The molecule has 3 aromatic rings. The monoisotopic (exact) mass is 436 g/mol. The van der Waals surface area contributed by atoms with Crippen LogP contribution in [0.1, 0.15) is 10.4 Å². The van der Waals surface area contributed by atoms with Crippen molar-refractivity contribution in [2.75, 3.05) is 12.4 Å². The molecule has 0 fully saturated rings. The maximum Gasteiger partial charge on any atom is 0.266 e. The highest BCUT2D eigenvalue weighted by Crippen LogP contribution is 2.17. The summed E-state index contributed by atoms with van der Waals surface area (Å²) in [5.41, 5.74) is -0.0166. The fourth-order valence-electron chi connectivity index (χ4n) is 2.52. The number of benzene rings is 1. The third-order valence-electron chi connectivity index (χ3n) is 3.80. The molecule has 0 atom stereocenters. The van der Waals surface area contributed by atoms with Crippen LogP contribution in [0, 0.1) is 5.82 Å². The molecule has 9 nitrogen and oxygen atoms in total. The third kappa shape index (κ3) is 3.58. The molecule has 2 amide bonds. The summed E-state index contributed by atoms with van der Waals surface area (Å²) in [5.74, 6) is -1.86. The van der Waals surface area contributed by atoms with E-state index in [1.54, 1.807) is 7.05 Å². The molecule has 140 valence electrons. The lowest BCUT2D eigenvalue weighted by Gasteiger charge is -2.09. The first-order valence-corrected chi connectivity index (χ1v) is 8.50. The highest BCUT2D eigenvalue weighted by atomic mass is 79.9. The lowest BCUT2D eigenvalue weighted by molar-refractivity contribution is -0.116. The maximum absolute atomic E-state index is 13.7. The van der Waals surface area contributed by atoms with Gasteiger partial charge in [-0.15, -0.1) is 0 Å². The molecule has 27 heavy (non-hydrogen) atoms. The van der Waals surface area contributed by atoms with Crippen LogP contribution < -0.4 is 16.2 Å². The van der Waals surface area contributed by atoms with E-state index in [0.29, 0.717) is 10.3 Å². The number of fused-ring (bicyclic) bond motifs is 1. The van der Waals surface area contributed by atoms with E-state index in [4.69, 9.17) is 0 Å². The molecule has 0 aliphatic rings. The normalized spacial score (nSPS) is 10.8. The average Bonchev–Trinajstić information content (AvgIpc) is 2.92. The number of amides is 2. The van der Waals surface area contributed by atoms with E-state index in [0.717, 1.165) is 10.6 Å². The summed E-state index contributed by atoms with van der Waals surface area (Å²) in [7, 11) is 3.02. The first-order chi connectivity index (χ1) is 12.8. The number of aryl methyl sites for hydroxylation is 1. The van der Waals surface area contributed by atoms with Crippen molar-refractivity contribution in [3.63, 3.8) is 0 Å². The van der Waals surface area contributed by atoms with Gasteiger partial charge < -0.3 is 10.6 Å². The summed E-state index contributed by atoms with van der Waals surface area (Å²) >= 11 is 3.20. The second-order valence-electron chi connectivity index (χ2n) is 5.61. The maximum atomic E-state index is 13.7. The van der Waals surface area contributed by atoms with E-state index in [1.807, 2.05) is 0 Å². The summed E-state index contributed by atoms with van der Waals surface area (Å²) in [4.78, 5) is 40.6. The molecule has 0 aliphatic carbocycles. The number of hydrogen-bond donors (Lipinski definition) is 2. The highest BCUT2D eigenvalue weighted by Gasteiger charge is 2.16. The van der Waals surface area contributed by atoms with E-state index in [1.165, 1.54) is 30.2 Å². The van der Waals surface area contributed by atoms with Crippen molar-refractivity contribution in [2.45, 2.75) is 6.54 Å². The van der Waals surface area contributed by atoms with Crippen LogP contribution in [-0.4, -0.2) is 38.2 Å². The summed E-state index contributed by atoms with van der Waals surface area (Å²) in [5, 5.41) is 9.17. The van der Waals surface area contributed by atoms with E-state index in [2.05, 4.69) is 36.6 Å². The van der Waals surface area contributed by atoms with Gasteiger partial charge in [-0.3, -0.25) is 19.0 Å². The van der Waals surface area contributed by atoms with Crippen molar-refractivity contribution in [3.8, 4) is 0 Å². The molecule has 1 aromatic carbocycles. The Morgan fingerprint density at radius 3 is 2.78 bits per heavy atom. The average molecular weight is 437 g/mol. The molecule has 0 unspecified atom stereocenters. The Kier molecular flexibility index (Phi) is 5.04. The lowest BCUT2D eigenvalue weighted by atomic mass is 10.1. The highest BCUT2D eigenvalue weighted by molar-refractivity contribution is 9.10. The summed E-state index contributed by atoms with van der Waals surface area (Å²) in [6, 6.07) is 3.61. The van der Waals surface area contributed by atoms with Gasteiger partial charge in [-0.2, -0.15) is 5.10 Å². The fourth-order valence-corrected chi connectivity index (χ4v) is 3.10. The Morgan fingerprint density at radius 1 is 1.33 bits per heavy atom. The number of halogens is 2. The van der Waals surface area contributed by atoms with Crippen LogP contribution in [0.4, 0.5) is 10.1 Å². The number of carbonyl (C=O) groups excluding carboxylic acids is 2. The Balaban J connectivity index is 1.84. The molecule has 3 rings (SSSR count). The van der Waals surface area contributed by atoms with Crippen molar-refractivity contribution >= 4 is 44.5 Å². The molecule has 0 aliphatic heterocycles. The summed E-state index contributed by atoms with van der Waals surface area (Å²) in [6.45, 7) is -0.310. The molecule has 0 saturated heterocycles. The Hall–Kier alpha value is -3.08. The van der Waals surface area contributed by atoms with Crippen LogP contribution >= 0.6 is 15.9 Å². The molecule has 11 heteroatoms. The molecule has 2 aromatic heterocycles. The zero-order valence-electron chi connectivity index (χ0n) is 14.3. The van der Waals surface area contributed by atoms with Gasteiger partial charge in [0.2, 0.25) is 5.91 Å². The molecule has 2 heterocycles. The van der Waals surface area contributed by atoms with Crippen molar-refractivity contribution < 1.29 is 14.0 Å². The van der Waals surface area contributed by atoms with Gasteiger partial charge in [0, 0.05) is 19.8 Å². The minimum absolute atomic E-state index is 0.199. The largest absolute Gasteiger partial charge is 0.355 e. The quantitative estimate of drug-likeness (QED) is 0.634. The van der Waals surface area contributed by atoms with Crippen molar-refractivity contribution in [3.05, 3.63) is 50.9 Å². The van der Waals surface area contributed by atoms with E-state index in [9.17, 15) is 18.8 Å². The Labute approximate surface area is 160 Å². The van der Waals surface area contributed by atoms with Gasteiger partial charge in [0.05, 0.1) is 5.56 Å². The van der Waals surface area contributed by atoms with Crippen LogP contribution in [0.2, 0.25) is 0 Å². The van der Waals surface area contributed by atoms with Gasteiger partial charge >= 0.3 is 0 Å². The van der Waals surface area contributed by atoms with Gasteiger partial charge in [0.1, 0.15) is 28.7 Å².